The third kappa shape index (κ3) is 7.27. The zero-order valence-corrected chi connectivity index (χ0v) is 17.8. The van der Waals surface area contributed by atoms with Crippen molar-refractivity contribution in [3.63, 3.8) is 0 Å². The fourth-order valence-electron chi connectivity index (χ4n) is 2.69. The highest BCUT2D eigenvalue weighted by molar-refractivity contribution is 7.98. The molecule has 0 fully saturated rings. The minimum atomic E-state index is -0.663. The molecule has 3 amide bonds. The van der Waals surface area contributed by atoms with Crippen LogP contribution in [-0.4, -0.2) is 35.8 Å². The van der Waals surface area contributed by atoms with Crippen LogP contribution in [0.2, 0.25) is 0 Å². The van der Waals surface area contributed by atoms with E-state index in [0.29, 0.717) is 29.8 Å². The minimum absolute atomic E-state index is 0.100. The molecule has 0 saturated carbocycles. The van der Waals surface area contributed by atoms with Crippen LogP contribution in [0.1, 0.15) is 35.7 Å². The first-order valence-corrected chi connectivity index (χ1v) is 10.9. The lowest BCUT2D eigenvalue weighted by molar-refractivity contribution is -0.118. The average Bonchev–Trinajstić information content (AvgIpc) is 2.71. The van der Waals surface area contributed by atoms with Gasteiger partial charge in [0.15, 0.2) is 0 Å². The van der Waals surface area contributed by atoms with Gasteiger partial charge in [0.2, 0.25) is 11.8 Å². The average molecular weight is 414 g/mol. The molecule has 6 nitrogen and oxygen atoms in total. The molecule has 1 atom stereocenters. The van der Waals surface area contributed by atoms with Gasteiger partial charge >= 0.3 is 0 Å². The van der Waals surface area contributed by atoms with Gasteiger partial charge in [-0.2, -0.15) is 11.8 Å². The highest BCUT2D eigenvalue weighted by Crippen LogP contribution is 2.16. The van der Waals surface area contributed by atoms with Crippen LogP contribution in [0.25, 0.3) is 0 Å². The Labute approximate surface area is 175 Å². The Morgan fingerprint density at radius 3 is 2.34 bits per heavy atom. The van der Waals surface area contributed by atoms with Crippen molar-refractivity contribution in [2.24, 2.45) is 0 Å². The van der Waals surface area contributed by atoms with Crippen molar-refractivity contribution in [1.29, 1.82) is 0 Å². The predicted molar refractivity (Wildman–Crippen MR) is 119 cm³/mol. The van der Waals surface area contributed by atoms with Gasteiger partial charge in [-0.25, -0.2) is 0 Å². The van der Waals surface area contributed by atoms with E-state index in [9.17, 15) is 14.4 Å². The first kappa shape index (κ1) is 22.5. The molecule has 0 heterocycles. The predicted octanol–water partition coefficient (Wildman–Crippen LogP) is 3.83. The Balaban J connectivity index is 2.09. The summed E-state index contributed by atoms with van der Waals surface area (Å²) in [7, 11) is 0. The molecule has 0 aromatic heterocycles. The molecule has 2 aromatic carbocycles. The quantitative estimate of drug-likeness (QED) is 0.583. The van der Waals surface area contributed by atoms with E-state index < -0.39 is 6.04 Å². The second-order valence-electron chi connectivity index (χ2n) is 6.65. The largest absolute Gasteiger partial charge is 0.340 e. The van der Waals surface area contributed by atoms with E-state index in [1.165, 1.54) is 0 Å². The summed E-state index contributed by atoms with van der Waals surface area (Å²) in [5, 5.41) is 8.44. The Morgan fingerprint density at radius 2 is 1.69 bits per heavy atom. The zero-order chi connectivity index (χ0) is 21.2. The van der Waals surface area contributed by atoms with Gasteiger partial charge in [0.25, 0.3) is 5.91 Å². The lowest BCUT2D eigenvalue weighted by Gasteiger charge is -2.19. The molecular weight excluding hydrogens is 386 g/mol. The first-order valence-electron chi connectivity index (χ1n) is 9.50. The summed E-state index contributed by atoms with van der Waals surface area (Å²) < 4.78 is 0. The molecular formula is C22H27N3O3S. The van der Waals surface area contributed by atoms with E-state index >= 15 is 0 Å². The number of aryl methyl sites for hydroxylation is 1. The fourth-order valence-corrected chi connectivity index (χ4v) is 3.16. The van der Waals surface area contributed by atoms with Gasteiger partial charge in [-0.1, -0.05) is 30.7 Å². The first-order chi connectivity index (χ1) is 13.9. The molecule has 0 spiro atoms. The molecule has 154 valence electrons. The number of hydrogen-bond acceptors (Lipinski definition) is 4. The second kappa shape index (κ2) is 11.3. The monoisotopic (exact) mass is 413 g/mol. The molecule has 2 rings (SSSR count). The Hall–Kier alpha value is -2.80. The number of amides is 3. The van der Waals surface area contributed by atoms with Crippen LogP contribution in [0.5, 0.6) is 0 Å². The van der Waals surface area contributed by atoms with Crippen LogP contribution >= 0.6 is 11.8 Å². The van der Waals surface area contributed by atoms with Crippen molar-refractivity contribution in [3.05, 3.63) is 59.7 Å². The number of thioether (sulfide) groups is 1. The maximum Gasteiger partial charge on any atom is 0.251 e. The normalized spacial score (nSPS) is 11.4. The summed E-state index contributed by atoms with van der Waals surface area (Å²) in [6, 6.07) is 13.5. The van der Waals surface area contributed by atoms with E-state index in [-0.39, 0.29) is 17.7 Å². The van der Waals surface area contributed by atoms with Crippen molar-refractivity contribution in [2.45, 2.75) is 32.7 Å². The Bertz CT molecular complexity index is 870. The van der Waals surface area contributed by atoms with Crippen LogP contribution in [0, 0.1) is 6.92 Å². The van der Waals surface area contributed by atoms with E-state index in [0.717, 1.165) is 11.3 Å². The van der Waals surface area contributed by atoms with E-state index in [1.54, 1.807) is 55.1 Å². The molecule has 29 heavy (non-hydrogen) atoms. The molecule has 0 aliphatic heterocycles. The van der Waals surface area contributed by atoms with Gasteiger partial charge in [-0.3, -0.25) is 14.4 Å². The molecule has 2 aromatic rings. The van der Waals surface area contributed by atoms with E-state index in [1.807, 2.05) is 25.3 Å². The highest BCUT2D eigenvalue weighted by atomic mass is 32.2. The van der Waals surface area contributed by atoms with Crippen molar-refractivity contribution in [2.75, 3.05) is 22.6 Å². The number of carbonyl (C=O) groups is 3. The summed E-state index contributed by atoms with van der Waals surface area (Å²) in [6.07, 6.45) is 2.84. The van der Waals surface area contributed by atoms with Crippen LogP contribution in [0.4, 0.5) is 11.4 Å². The Morgan fingerprint density at radius 1 is 1.00 bits per heavy atom. The molecule has 1 unspecified atom stereocenters. The number of rotatable bonds is 9. The van der Waals surface area contributed by atoms with Gasteiger partial charge in [0, 0.05) is 23.4 Å². The zero-order valence-electron chi connectivity index (χ0n) is 17.0. The highest BCUT2D eigenvalue weighted by Gasteiger charge is 2.21. The van der Waals surface area contributed by atoms with Crippen LogP contribution in [0.15, 0.2) is 48.5 Å². The standard InChI is InChI=1S/C22H27N3O3S/c1-4-20(26)23-17-9-6-10-18(14-17)24-22(28)19(11-12-29-3)25-21(27)16-8-5-7-15(2)13-16/h5-10,13-14,19H,4,11-12H2,1-3H3,(H,23,26)(H,24,28)(H,25,27). The van der Waals surface area contributed by atoms with E-state index in [4.69, 9.17) is 0 Å². The molecule has 0 aliphatic carbocycles. The maximum atomic E-state index is 12.8. The van der Waals surface area contributed by atoms with Crippen molar-refractivity contribution >= 4 is 40.9 Å². The number of benzene rings is 2. The van der Waals surface area contributed by atoms with Crippen molar-refractivity contribution in [3.8, 4) is 0 Å². The molecule has 0 radical (unpaired) electrons. The van der Waals surface area contributed by atoms with Gasteiger partial charge < -0.3 is 16.0 Å². The topological polar surface area (TPSA) is 87.3 Å². The molecule has 0 bridgehead atoms. The SMILES string of the molecule is CCC(=O)Nc1cccc(NC(=O)C(CCSC)NC(=O)c2cccc(C)c2)c1. The summed E-state index contributed by atoms with van der Waals surface area (Å²) in [6.45, 7) is 3.69. The number of anilines is 2. The third-order valence-electron chi connectivity index (χ3n) is 4.25. The molecule has 0 saturated heterocycles. The van der Waals surface area contributed by atoms with Gasteiger partial charge in [-0.05, 0) is 55.7 Å². The number of nitrogens with one attached hydrogen (secondary N) is 3. The summed E-state index contributed by atoms with van der Waals surface area (Å²) in [4.78, 5) is 37.0. The maximum absolute atomic E-state index is 12.8. The molecule has 7 heteroatoms. The summed E-state index contributed by atoms with van der Waals surface area (Å²) in [5.41, 5.74) is 2.67. The molecule has 0 aliphatic rings. The lowest BCUT2D eigenvalue weighted by atomic mass is 10.1. The smallest absolute Gasteiger partial charge is 0.251 e. The third-order valence-corrected chi connectivity index (χ3v) is 4.89. The molecule has 3 N–H and O–H groups in total. The number of carbonyl (C=O) groups excluding carboxylic acids is 3. The lowest BCUT2D eigenvalue weighted by Crippen LogP contribution is -2.44. The fraction of sp³-hybridized carbons (Fsp3) is 0.318. The van der Waals surface area contributed by atoms with Gasteiger partial charge in [0.05, 0.1) is 0 Å². The van der Waals surface area contributed by atoms with E-state index in [2.05, 4.69) is 16.0 Å². The number of hydrogen-bond donors (Lipinski definition) is 3. The summed E-state index contributed by atoms with van der Waals surface area (Å²) in [5.74, 6) is 0.0633. The minimum Gasteiger partial charge on any atom is -0.340 e. The van der Waals surface area contributed by atoms with Gasteiger partial charge in [-0.15, -0.1) is 0 Å². The van der Waals surface area contributed by atoms with Crippen molar-refractivity contribution in [1.82, 2.24) is 5.32 Å². The van der Waals surface area contributed by atoms with Crippen LogP contribution < -0.4 is 16.0 Å². The van der Waals surface area contributed by atoms with Gasteiger partial charge in [0.1, 0.15) is 6.04 Å². The second-order valence-corrected chi connectivity index (χ2v) is 7.63. The van der Waals surface area contributed by atoms with Crippen molar-refractivity contribution < 1.29 is 14.4 Å². The Kier molecular flexibility index (Phi) is 8.73. The summed E-state index contributed by atoms with van der Waals surface area (Å²) >= 11 is 1.61. The van der Waals surface area contributed by atoms with Crippen LogP contribution in [0.3, 0.4) is 0 Å². The van der Waals surface area contributed by atoms with Crippen LogP contribution in [-0.2, 0) is 9.59 Å².